The van der Waals surface area contributed by atoms with Gasteiger partial charge in [0.15, 0.2) is 0 Å². The Morgan fingerprint density at radius 3 is 2.84 bits per heavy atom. The molecule has 1 aromatic heterocycles. The summed E-state index contributed by atoms with van der Waals surface area (Å²) >= 11 is 4.72. The molecule has 98 valence electrons. The average Bonchev–Trinajstić information content (AvgIpc) is 2.95. The Morgan fingerprint density at radius 1 is 1.32 bits per heavy atom. The number of nitrogens with one attached hydrogen (secondary N) is 1. The summed E-state index contributed by atoms with van der Waals surface area (Å²) < 4.78 is 0.921. The number of rotatable bonds is 2. The van der Waals surface area contributed by atoms with Crippen LogP contribution in [0.2, 0.25) is 0 Å². The standard InChI is InChI=1S/C14H12BrNO2S/c15-12-6-5-11(19-12)14(18)16-13-9-4-2-1-3-8(9)7-10(13)17/h1-6,10,13,17H,7H2,(H,16,18). The van der Waals surface area contributed by atoms with Crippen LogP contribution >= 0.6 is 27.3 Å². The Hall–Kier alpha value is -1.17. The van der Waals surface area contributed by atoms with E-state index in [0.717, 1.165) is 14.9 Å². The van der Waals surface area contributed by atoms with Gasteiger partial charge in [-0.2, -0.15) is 0 Å². The van der Waals surface area contributed by atoms with E-state index >= 15 is 0 Å². The second-order valence-electron chi connectivity index (χ2n) is 4.53. The molecule has 0 fully saturated rings. The third kappa shape index (κ3) is 2.45. The molecule has 1 aliphatic rings. The number of carbonyl (C=O) groups excluding carboxylic acids is 1. The van der Waals surface area contributed by atoms with Crippen molar-refractivity contribution in [3.05, 3.63) is 56.2 Å². The molecule has 0 saturated heterocycles. The summed E-state index contributed by atoms with van der Waals surface area (Å²) in [6, 6.07) is 11.1. The highest BCUT2D eigenvalue weighted by atomic mass is 79.9. The van der Waals surface area contributed by atoms with Crippen molar-refractivity contribution in [3.63, 3.8) is 0 Å². The molecule has 1 heterocycles. The normalized spacial score (nSPS) is 21.2. The van der Waals surface area contributed by atoms with E-state index in [9.17, 15) is 9.90 Å². The van der Waals surface area contributed by atoms with E-state index in [1.807, 2.05) is 30.3 Å². The summed E-state index contributed by atoms with van der Waals surface area (Å²) in [6.07, 6.45) is 0.0414. The van der Waals surface area contributed by atoms with E-state index in [2.05, 4.69) is 21.2 Å². The fraction of sp³-hybridized carbons (Fsp3) is 0.214. The molecule has 0 saturated carbocycles. The number of benzene rings is 1. The Bertz CT molecular complexity index is 625. The lowest BCUT2D eigenvalue weighted by molar-refractivity contribution is 0.0862. The molecule has 3 nitrogen and oxygen atoms in total. The third-order valence-electron chi connectivity index (χ3n) is 3.29. The molecule has 2 N–H and O–H groups in total. The number of thiophene rings is 1. The van der Waals surface area contributed by atoms with Crippen molar-refractivity contribution < 1.29 is 9.90 Å². The van der Waals surface area contributed by atoms with Gasteiger partial charge in [-0.15, -0.1) is 11.3 Å². The third-order valence-corrected chi connectivity index (χ3v) is 4.91. The summed E-state index contributed by atoms with van der Waals surface area (Å²) in [7, 11) is 0. The van der Waals surface area contributed by atoms with E-state index in [0.29, 0.717) is 11.3 Å². The lowest BCUT2D eigenvalue weighted by atomic mass is 10.1. The minimum atomic E-state index is -0.551. The van der Waals surface area contributed by atoms with Crippen LogP contribution in [0.5, 0.6) is 0 Å². The lowest BCUT2D eigenvalue weighted by Crippen LogP contribution is -2.33. The van der Waals surface area contributed by atoms with E-state index in [1.54, 1.807) is 6.07 Å². The second kappa shape index (κ2) is 5.07. The first-order chi connectivity index (χ1) is 9.15. The van der Waals surface area contributed by atoms with Gasteiger partial charge >= 0.3 is 0 Å². The molecule has 5 heteroatoms. The van der Waals surface area contributed by atoms with Crippen molar-refractivity contribution >= 4 is 33.2 Å². The Labute approximate surface area is 123 Å². The minimum Gasteiger partial charge on any atom is -0.390 e. The molecule has 2 aromatic rings. The summed E-state index contributed by atoms with van der Waals surface area (Å²) in [6.45, 7) is 0. The topological polar surface area (TPSA) is 49.3 Å². The number of hydrogen-bond acceptors (Lipinski definition) is 3. The smallest absolute Gasteiger partial charge is 0.261 e. The zero-order valence-corrected chi connectivity index (χ0v) is 12.4. The molecule has 3 rings (SSSR count). The molecule has 1 aromatic carbocycles. The van der Waals surface area contributed by atoms with Crippen molar-refractivity contribution in [2.45, 2.75) is 18.6 Å². The highest BCUT2D eigenvalue weighted by Crippen LogP contribution is 2.32. The van der Waals surface area contributed by atoms with Gasteiger partial charge in [-0.05, 0) is 39.2 Å². The van der Waals surface area contributed by atoms with Crippen molar-refractivity contribution in [1.29, 1.82) is 0 Å². The van der Waals surface area contributed by atoms with Gasteiger partial charge in [0.2, 0.25) is 0 Å². The fourth-order valence-corrected chi connectivity index (χ4v) is 3.69. The first-order valence-electron chi connectivity index (χ1n) is 5.97. The predicted octanol–water partition coefficient (Wildman–Crippen LogP) is 2.90. The Morgan fingerprint density at radius 2 is 2.11 bits per heavy atom. The number of carbonyl (C=O) groups is 1. The van der Waals surface area contributed by atoms with Crippen LogP contribution in [0.1, 0.15) is 26.8 Å². The highest BCUT2D eigenvalue weighted by Gasteiger charge is 2.32. The van der Waals surface area contributed by atoms with E-state index in [1.165, 1.54) is 11.3 Å². The number of halogens is 1. The molecule has 1 amide bonds. The maximum absolute atomic E-state index is 12.1. The summed E-state index contributed by atoms with van der Waals surface area (Å²) in [5.41, 5.74) is 2.12. The van der Waals surface area contributed by atoms with Crippen LogP contribution < -0.4 is 5.32 Å². The monoisotopic (exact) mass is 337 g/mol. The van der Waals surface area contributed by atoms with E-state index in [4.69, 9.17) is 0 Å². The Kier molecular flexibility index (Phi) is 3.43. The predicted molar refractivity (Wildman–Crippen MR) is 78.4 cm³/mol. The summed E-state index contributed by atoms with van der Waals surface area (Å²) in [4.78, 5) is 12.8. The molecule has 2 atom stereocenters. The average molecular weight is 338 g/mol. The number of hydrogen-bond donors (Lipinski definition) is 2. The Balaban J connectivity index is 1.82. The quantitative estimate of drug-likeness (QED) is 0.885. The van der Waals surface area contributed by atoms with Crippen LogP contribution in [0.4, 0.5) is 0 Å². The van der Waals surface area contributed by atoms with Crippen LogP contribution in [0.3, 0.4) is 0 Å². The van der Waals surface area contributed by atoms with Gasteiger partial charge in [0.25, 0.3) is 5.91 Å². The molecule has 0 aliphatic heterocycles. The van der Waals surface area contributed by atoms with E-state index < -0.39 is 6.10 Å². The molecule has 19 heavy (non-hydrogen) atoms. The zero-order valence-electron chi connectivity index (χ0n) is 9.97. The van der Waals surface area contributed by atoms with Crippen LogP contribution in [-0.4, -0.2) is 17.1 Å². The van der Waals surface area contributed by atoms with Crippen molar-refractivity contribution in [1.82, 2.24) is 5.32 Å². The number of aliphatic hydroxyl groups is 1. The fourth-order valence-electron chi connectivity index (χ4n) is 2.40. The van der Waals surface area contributed by atoms with Crippen LogP contribution in [0, 0.1) is 0 Å². The maximum atomic E-state index is 12.1. The highest BCUT2D eigenvalue weighted by molar-refractivity contribution is 9.11. The molecule has 2 unspecified atom stereocenters. The van der Waals surface area contributed by atoms with Gasteiger partial charge < -0.3 is 10.4 Å². The lowest BCUT2D eigenvalue weighted by Gasteiger charge is -2.17. The molecule has 0 spiro atoms. The second-order valence-corrected chi connectivity index (χ2v) is 6.99. The first kappa shape index (κ1) is 12.8. The van der Waals surface area contributed by atoms with Gasteiger partial charge in [-0.1, -0.05) is 24.3 Å². The largest absolute Gasteiger partial charge is 0.390 e. The number of amides is 1. The molecule has 0 radical (unpaired) electrons. The van der Waals surface area contributed by atoms with Crippen LogP contribution in [0.25, 0.3) is 0 Å². The van der Waals surface area contributed by atoms with Crippen molar-refractivity contribution in [3.8, 4) is 0 Å². The first-order valence-corrected chi connectivity index (χ1v) is 7.58. The SMILES string of the molecule is O=C(NC1c2ccccc2CC1O)c1ccc(Br)s1. The van der Waals surface area contributed by atoms with E-state index in [-0.39, 0.29) is 11.9 Å². The molecule has 0 bridgehead atoms. The minimum absolute atomic E-state index is 0.142. The van der Waals surface area contributed by atoms with Gasteiger partial charge in [0, 0.05) is 6.42 Å². The molecular weight excluding hydrogens is 326 g/mol. The molecular formula is C14H12BrNO2S. The van der Waals surface area contributed by atoms with Gasteiger partial charge in [0.1, 0.15) is 0 Å². The summed E-state index contributed by atoms with van der Waals surface area (Å²) in [5, 5.41) is 13.0. The molecule has 1 aliphatic carbocycles. The van der Waals surface area contributed by atoms with Crippen LogP contribution in [-0.2, 0) is 6.42 Å². The van der Waals surface area contributed by atoms with Crippen molar-refractivity contribution in [2.24, 2.45) is 0 Å². The summed E-state index contributed by atoms with van der Waals surface area (Å²) in [5.74, 6) is -0.142. The van der Waals surface area contributed by atoms with Gasteiger partial charge in [-0.25, -0.2) is 0 Å². The van der Waals surface area contributed by atoms with Crippen LogP contribution in [0.15, 0.2) is 40.2 Å². The maximum Gasteiger partial charge on any atom is 0.261 e. The number of aliphatic hydroxyl groups excluding tert-OH is 1. The van der Waals surface area contributed by atoms with Crippen molar-refractivity contribution in [2.75, 3.05) is 0 Å². The zero-order chi connectivity index (χ0) is 13.4. The van der Waals surface area contributed by atoms with Gasteiger partial charge in [0.05, 0.1) is 20.8 Å². The number of fused-ring (bicyclic) bond motifs is 1. The van der Waals surface area contributed by atoms with Gasteiger partial charge in [-0.3, -0.25) is 4.79 Å².